The molecule has 1 aliphatic rings. The minimum Gasteiger partial charge on any atom is -0.457 e. The second-order valence-electron chi connectivity index (χ2n) is 8.09. The Morgan fingerprint density at radius 1 is 1.15 bits per heavy atom. The molecular weight excluding hydrogens is 416 g/mol. The average molecular weight is 441 g/mol. The van der Waals surface area contributed by atoms with Gasteiger partial charge in [-0.1, -0.05) is 24.8 Å². The van der Waals surface area contributed by atoms with Gasteiger partial charge in [0.15, 0.2) is 5.78 Å². The highest BCUT2D eigenvalue weighted by Gasteiger charge is 2.31. The number of aromatic amines is 1. The highest BCUT2D eigenvalue weighted by molar-refractivity contribution is 5.95. The number of ether oxygens (including phenoxy) is 1. The van der Waals surface area contributed by atoms with Crippen LogP contribution in [-0.4, -0.2) is 32.9 Å². The van der Waals surface area contributed by atoms with Gasteiger partial charge in [-0.25, -0.2) is 4.79 Å². The number of aromatic nitrogens is 3. The van der Waals surface area contributed by atoms with Gasteiger partial charge < -0.3 is 15.0 Å². The number of benzene rings is 2. The van der Waals surface area contributed by atoms with Crippen molar-refractivity contribution in [3.8, 4) is 17.2 Å². The molecule has 1 saturated heterocycles. The van der Waals surface area contributed by atoms with Crippen LogP contribution in [0.2, 0.25) is 0 Å². The Morgan fingerprint density at radius 3 is 2.61 bits per heavy atom. The van der Waals surface area contributed by atoms with Crippen molar-refractivity contribution >= 4 is 16.8 Å². The maximum atomic E-state index is 12.8. The van der Waals surface area contributed by atoms with E-state index in [9.17, 15) is 9.59 Å². The molecule has 0 radical (unpaired) electrons. The van der Waals surface area contributed by atoms with Crippen molar-refractivity contribution < 1.29 is 9.53 Å². The van der Waals surface area contributed by atoms with E-state index in [1.165, 1.54) is 6.08 Å². The monoisotopic (exact) mass is 440 g/mol. The smallest absolute Gasteiger partial charge is 0.331 e. The molecule has 1 aliphatic heterocycles. The summed E-state index contributed by atoms with van der Waals surface area (Å²) >= 11 is 0. The van der Waals surface area contributed by atoms with Crippen LogP contribution >= 0.6 is 0 Å². The normalized spacial score (nSPS) is 16.5. The van der Waals surface area contributed by atoms with Crippen LogP contribution in [0.4, 0.5) is 0 Å². The number of allylic oxidation sites excluding steroid dienone is 1. The molecule has 3 heterocycles. The van der Waals surface area contributed by atoms with Crippen LogP contribution in [0.15, 0.2) is 84.3 Å². The molecule has 5 rings (SSSR count). The number of carbonyl (C=O) groups excluding carboxylic acids is 1. The number of ketones is 1. The van der Waals surface area contributed by atoms with Crippen LogP contribution < -0.4 is 15.7 Å². The van der Waals surface area contributed by atoms with E-state index in [1.54, 1.807) is 16.8 Å². The molecule has 33 heavy (non-hydrogen) atoms. The fraction of sp³-hybridized carbons (Fsp3) is 0.192. The molecule has 2 aromatic carbocycles. The third-order valence-electron chi connectivity index (χ3n) is 5.99. The Bertz CT molecular complexity index is 1350. The van der Waals surface area contributed by atoms with Crippen LogP contribution in [0, 0.1) is 0 Å². The Balaban J connectivity index is 1.47. The van der Waals surface area contributed by atoms with E-state index in [-0.39, 0.29) is 17.5 Å². The molecule has 2 aromatic heterocycles. The molecule has 4 aromatic rings. The van der Waals surface area contributed by atoms with Crippen molar-refractivity contribution in [3.05, 3.63) is 95.7 Å². The molecule has 0 bridgehead atoms. The zero-order valence-electron chi connectivity index (χ0n) is 18.0. The van der Waals surface area contributed by atoms with Gasteiger partial charge in [0.05, 0.1) is 34.5 Å². The number of hydrogen-bond acceptors (Lipinski definition) is 5. The first-order valence-corrected chi connectivity index (χ1v) is 11.0. The van der Waals surface area contributed by atoms with Gasteiger partial charge >= 0.3 is 5.69 Å². The second kappa shape index (κ2) is 8.88. The molecule has 2 N–H and O–H groups in total. The second-order valence-corrected chi connectivity index (χ2v) is 8.09. The molecule has 0 saturated carbocycles. The summed E-state index contributed by atoms with van der Waals surface area (Å²) in [6.45, 7) is 4.53. The van der Waals surface area contributed by atoms with E-state index < -0.39 is 5.92 Å². The van der Waals surface area contributed by atoms with E-state index in [0.717, 1.165) is 25.1 Å². The lowest BCUT2D eigenvalue weighted by Crippen LogP contribution is -2.33. The number of pyridine rings is 1. The lowest BCUT2D eigenvalue weighted by molar-refractivity contribution is -0.116. The SMILES string of the molecule is C=CC(=O)C(c1cc2[nH]c(=O)n(-c3ccc(Oc4ccccc4)cc3)c2cn1)C1CCCN1. The van der Waals surface area contributed by atoms with Crippen LogP contribution in [0.1, 0.15) is 24.5 Å². The van der Waals surface area contributed by atoms with Crippen LogP contribution in [-0.2, 0) is 4.79 Å². The molecule has 2 atom stereocenters. The summed E-state index contributed by atoms with van der Waals surface area (Å²) in [5, 5.41) is 3.39. The first-order valence-electron chi connectivity index (χ1n) is 11.0. The molecule has 7 heteroatoms. The highest BCUT2D eigenvalue weighted by Crippen LogP contribution is 2.28. The van der Waals surface area contributed by atoms with E-state index in [1.807, 2.05) is 54.6 Å². The van der Waals surface area contributed by atoms with Crippen molar-refractivity contribution in [2.75, 3.05) is 6.54 Å². The molecule has 7 nitrogen and oxygen atoms in total. The average Bonchev–Trinajstić information content (AvgIpc) is 3.47. The number of rotatable bonds is 7. The zero-order chi connectivity index (χ0) is 22.8. The van der Waals surface area contributed by atoms with Gasteiger partial charge in [-0.15, -0.1) is 0 Å². The molecule has 1 fully saturated rings. The number of carbonyl (C=O) groups is 1. The van der Waals surface area contributed by atoms with Gasteiger partial charge in [-0.05, 0) is 67.9 Å². The van der Waals surface area contributed by atoms with Crippen LogP contribution in [0.3, 0.4) is 0 Å². The summed E-state index contributed by atoms with van der Waals surface area (Å²) in [6, 6.07) is 18.6. The first kappa shape index (κ1) is 20.9. The number of imidazole rings is 1. The van der Waals surface area contributed by atoms with Gasteiger partial charge in [0, 0.05) is 6.04 Å². The van der Waals surface area contributed by atoms with Gasteiger partial charge in [0.25, 0.3) is 0 Å². The number of nitrogens with one attached hydrogen (secondary N) is 2. The topological polar surface area (TPSA) is 89.0 Å². The third-order valence-corrected chi connectivity index (χ3v) is 5.99. The quantitative estimate of drug-likeness (QED) is 0.423. The molecule has 0 spiro atoms. The minimum absolute atomic E-state index is 0.0198. The molecular formula is C26H24N4O3. The summed E-state index contributed by atoms with van der Waals surface area (Å²) in [7, 11) is 0. The maximum absolute atomic E-state index is 12.8. The van der Waals surface area contributed by atoms with Crippen molar-refractivity contribution in [2.24, 2.45) is 0 Å². The summed E-state index contributed by atoms with van der Waals surface area (Å²) in [4.78, 5) is 32.9. The summed E-state index contributed by atoms with van der Waals surface area (Å²) in [6.07, 6.45) is 4.92. The van der Waals surface area contributed by atoms with Gasteiger partial charge in [0.2, 0.25) is 0 Å². The number of para-hydroxylation sites is 1. The predicted octanol–water partition coefficient (Wildman–Crippen LogP) is 4.10. The lowest BCUT2D eigenvalue weighted by atomic mass is 9.90. The van der Waals surface area contributed by atoms with Crippen molar-refractivity contribution in [3.63, 3.8) is 0 Å². The largest absolute Gasteiger partial charge is 0.457 e. The molecule has 0 aliphatic carbocycles. The fourth-order valence-corrected chi connectivity index (χ4v) is 4.41. The van der Waals surface area contributed by atoms with Gasteiger partial charge in [-0.3, -0.25) is 14.3 Å². The van der Waals surface area contributed by atoms with Gasteiger partial charge in [0.1, 0.15) is 11.5 Å². The maximum Gasteiger partial charge on any atom is 0.331 e. The van der Waals surface area contributed by atoms with E-state index >= 15 is 0 Å². The predicted molar refractivity (Wildman–Crippen MR) is 127 cm³/mol. The first-order chi connectivity index (χ1) is 16.1. The van der Waals surface area contributed by atoms with Crippen molar-refractivity contribution in [2.45, 2.75) is 24.8 Å². The van der Waals surface area contributed by atoms with Gasteiger partial charge in [-0.2, -0.15) is 0 Å². The number of nitrogens with zero attached hydrogens (tertiary/aromatic N) is 2. The number of fused-ring (bicyclic) bond motifs is 1. The minimum atomic E-state index is -0.421. The summed E-state index contributed by atoms with van der Waals surface area (Å²) in [5.41, 5.74) is 2.33. The van der Waals surface area contributed by atoms with Crippen molar-refractivity contribution in [1.82, 2.24) is 19.9 Å². The highest BCUT2D eigenvalue weighted by atomic mass is 16.5. The van der Waals surface area contributed by atoms with E-state index in [0.29, 0.717) is 28.2 Å². The van der Waals surface area contributed by atoms with E-state index in [4.69, 9.17) is 4.74 Å². The zero-order valence-corrected chi connectivity index (χ0v) is 18.0. The molecule has 166 valence electrons. The van der Waals surface area contributed by atoms with E-state index in [2.05, 4.69) is 21.9 Å². The summed E-state index contributed by atoms with van der Waals surface area (Å²) < 4.78 is 7.40. The molecule has 0 amide bonds. The Hall–Kier alpha value is -3.97. The standard InChI is InChI=1S/C26H24N4O3/c1-2-24(31)25(20-9-6-14-27-20)22-15-21-23(16-28-22)30(26(32)29-21)17-10-12-19(13-11-17)33-18-7-4-3-5-8-18/h2-5,7-8,10-13,15-16,20,25,27H,1,6,9,14H2,(H,29,32). The number of hydrogen-bond donors (Lipinski definition) is 2. The Morgan fingerprint density at radius 2 is 1.91 bits per heavy atom. The molecule has 2 unspecified atom stereocenters. The summed E-state index contributed by atoms with van der Waals surface area (Å²) in [5.74, 6) is 0.924. The Labute approximate surface area is 190 Å². The fourth-order valence-electron chi connectivity index (χ4n) is 4.41. The van der Waals surface area contributed by atoms with Crippen LogP contribution in [0.5, 0.6) is 11.5 Å². The number of H-pyrrole nitrogens is 1. The third kappa shape index (κ3) is 4.10. The lowest BCUT2D eigenvalue weighted by Gasteiger charge is -2.20. The van der Waals surface area contributed by atoms with Crippen molar-refractivity contribution in [1.29, 1.82) is 0 Å². The van der Waals surface area contributed by atoms with Crippen LogP contribution in [0.25, 0.3) is 16.7 Å². The Kier molecular flexibility index (Phi) is 5.62.